The fourth-order valence-corrected chi connectivity index (χ4v) is 5.68. The van der Waals surface area contributed by atoms with Gasteiger partial charge in [-0.05, 0) is 30.2 Å². The van der Waals surface area contributed by atoms with Crippen LogP contribution >= 0.6 is 0 Å². The van der Waals surface area contributed by atoms with Crippen LogP contribution < -0.4 is 10.6 Å². The first-order chi connectivity index (χ1) is 19.3. The summed E-state index contributed by atoms with van der Waals surface area (Å²) < 4.78 is 40.7. The molecule has 1 aliphatic heterocycles. The Balaban J connectivity index is 1.86. The van der Waals surface area contributed by atoms with E-state index in [0.29, 0.717) is 5.56 Å². The number of anilines is 1. The molecular formula is C31H26F2N2O5. The molecule has 3 unspecified atom stereocenters. The highest BCUT2D eigenvalue weighted by molar-refractivity contribution is 6.14. The molecule has 3 aromatic rings. The van der Waals surface area contributed by atoms with Crippen LogP contribution in [0.25, 0.3) is 0 Å². The molecular weight excluding hydrogens is 518 g/mol. The Labute approximate surface area is 229 Å². The number of allylic oxidation sites excluding steroid dienone is 2. The van der Waals surface area contributed by atoms with Crippen LogP contribution in [0.3, 0.4) is 0 Å². The number of nitrogens with two attached hydrogens (primary N) is 1. The van der Waals surface area contributed by atoms with E-state index >= 15 is 8.78 Å². The second kappa shape index (κ2) is 10.8. The second-order valence-electron chi connectivity index (χ2n) is 9.48. The molecule has 0 bridgehead atoms. The second-order valence-corrected chi connectivity index (χ2v) is 9.48. The van der Waals surface area contributed by atoms with Crippen molar-refractivity contribution in [1.29, 1.82) is 0 Å². The average molecular weight is 545 g/mol. The van der Waals surface area contributed by atoms with Crippen LogP contribution in [0.2, 0.25) is 0 Å². The maximum Gasteiger partial charge on any atom is 0.338 e. The quantitative estimate of drug-likeness (QED) is 0.367. The van der Waals surface area contributed by atoms with E-state index in [1.807, 2.05) is 0 Å². The molecule has 1 heterocycles. The topological polar surface area (TPSA) is 98.9 Å². The van der Waals surface area contributed by atoms with Crippen LogP contribution in [0.4, 0.5) is 14.5 Å². The number of carbonyl (C=O) groups is 3. The number of nitrogens with zero attached hydrogens (tertiary/aromatic N) is 1. The number of Topliss-reactive ketones (excluding diaryl/α,β-unsaturated/α-hetero) is 1. The Morgan fingerprint density at radius 3 is 2.12 bits per heavy atom. The molecule has 3 aromatic carbocycles. The van der Waals surface area contributed by atoms with Crippen LogP contribution in [0.1, 0.15) is 29.4 Å². The van der Waals surface area contributed by atoms with Crippen LogP contribution in [0, 0.1) is 17.6 Å². The first kappa shape index (κ1) is 26.8. The predicted molar refractivity (Wildman–Crippen MR) is 143 cm³/mol. The van der Waals surface area contributed by atoms with E-state index in [9.17, 15) is 14.4 Å². The van der Waals surface area contributed by atoms with Crippen molar-refractivity contribution < 1.29 is 32.6 Å². The van der Waals surface area contributed by atoms with Gasteiger partial charge in [0.15, 0.2) is 5.78 Å². The molecule has 0 saturated heterocycles. The number of benzene rings is 3. The van der Waals surface area contributed by atoms with Crippen molar-refractivity contribution in [2.75, 3.05) is 19.1 Å². The van der Waals surface area contributed by atoms with Crippen LogP contribution in [0.15, 0.2) is 102 Å². The van der Waals surface area contributed by atoms with E-state index in [0.717, 1.165) is 7.11 Å². The third-order valence-electron chi connectivity index (χ3n) is 7.44. The number of ketones is 1. The van der Waals surface area contributed by atoms with E-state index in [1.54, 1.807) is 42.5 Å². The number of carbonyl (C=O) groups excluding carboxylic acids is 3. The van der Waals surface area contributed by atoms with Gasteiger partial charge in [0.05, 0.1) is 31.4 Å². The number of esters is 2. The van der Waals surface area contributed by atoms with Crippen molar-refractivity contribution in [1.82, 2.24) is 0 Å². The minimum atomic E-state index is -1.32. The smallest absolute Gasteiger partial charge is 0.338 e. The molecule has 0 amide bonds. The normalized spacial score (nSPS) is 20.8. The third kappa shape index (κ3) is 4.33. The molecule has 40 heavy (non-hydrogen) atoms. The Bertz CT molecular complexity index is 1570. The number of methoxy groups -OCH3 is 2. The lowest BCUT2D eigenvalue weighted by Gasteiger charge is -2.44. The van der Waals surface area contributed by atoms with Gasteiger partial charge in [0, 0.05) is 22.8 Å². The molecule has 3 atom stereocenters. The molecule has 1 aliphatic carbocycles. The lowest BCUT2D eigenvalue weighted by molar-refractivity contribution is -0.150. The lowest BCUT2D eigenvalue weighted by Crippen LogP contribution is -2.46. The summed E-state index contributed by atoms with van der Waals surface area (Å²) in [5.74, 6) is -7.27. The zero-order valence-electron chi connectivity index (χ0n) is 21.8. The first-order valence-electron chi connectivity index (χ1n) is 12.6. The molecule has 0 saturated carbocycles. The van der Waals surface area contributed by atoms with Crippen molar-refractivity contribution in [3.63, 3.8) is 0 Å². The summed E-state index contributed by atoms with van der Waals surface area (Å²) in [5.41, 5.74) is 7.22. The fraction of sp³-hybridized carbons (Fsp3) is 0.194. The maximum atomic E-state index is 15.4. The van der Waals surface area contributed by atoms with Crippen molar-refractivity contribution in [2.24, 2.45) is 11.7 Å². The number of rotatable bonds is 5. The summed E-state index contributed by atoms with van der Waals surface area (Å²) in [6.07, 6.45) is 0.0410. The predicted octanol–water partition coefficient (Wildman–Crippen LogP) is 4.71. The molecule has 7 nitrogen and oxygen atoms in total. The van der Waals surface area contributed by atoms with E-state index in [-0.39, 0.29) is 40.3 Å². The van der Waals surface area contributed by atoms with Gasteiger partial charge in [-0.25, -0.2) is 13.6 Å². The minimum absolute atomic E-state index is 0.0124. The van der Waals surface area contributed by atoms with Gasteiger partial charge in [0.2, 0.25) is 0 Å². The summed E-state index contributed by atoms with van der Waals surface area (Å²) in [4.78, 5) is 42.1. The number of halogens is 2. The Kier molecular flexibility index (Phi) is 7.21. The Hall–Kier alpha value is -4.79. The van der Waals surface area contributed by atoms with E-state index in [2.05, 4.69) is 0 Å². The highest BCUT2D eigenvalue weighted by Crippen LogP contribution is 2.52. The Morgan fingerprint density at radius 1 is 0.875 bits per heavy atom. The zero-order chi connectivity index (χ0) is 28.6. The van der Waals surface area contributed by atoms with Gasteiger partial charge in [0.1, 0.15) is 23.4 Å². The maximum absolute atomic E-state index is 15.4. The van der Waals surface area contributed by atoms with Crippen molar-refractivity contribution in [3.8, 4) is 0 Å². The van der Waals surface area contributed by atoms with Gasteiger partial charge in [-0.15, -0.1) is 0 Å². The van der Waals surface area contributed by atoms with Crippen molar-refractivity contribution >= 4 is 23.4 Å². The van der Waals surface area contributed by atoms with E-state index in [1.165, 1.54) is 48.4 Å². The Morgan fingerprint density at radius 2 is 1.50 bits per heavy atom. The van der Waals surface area contributed by atoms with Gasteiger partial charge >= 0.3 is 11.9 Å². The SMILES string of the molecule is COC(=O)C1=C(N)N(c2ccccc2F)C2=C(C(=O)C(C(=O)OC)C(c3ccccc3)C2)C1c1ccccc1F. The van der Waals surface area contributed by atoms with Crippen LogP contribution in [-0.4, -0.2) is 31.9 Å². The third-order valence-corrected chi connectivity index (χ3v) is 7.44. The fourth-order valence-electron chi connectivity index (χ4n) is 5.68. The molecule has 0 spiro atoms. The van der Waals surface area contributed by atoms with E-state index < -0.39 is 47.1 Å². The van der Waals surface area contributed by atoms with E-state index in [4.69, 9.17) is 15.2 Å². The van der Waals surface area contributed by atoms with Crippen LogP contribution in [-0.2, 0) is 23.9 Å². The minimum Gasteiger partial charge on any atom is -0.468 e. The van der Waals surface area contributed by atoms with Gasteiger partial charge < -0.3 is 15.2 Å². The summed E-state index contributed by atoms with van der Waals surface area (Å²) in [6, 6.07) is 20.3. The molecule has 0 aromatic heterocycles. The van der Waals surface area contributed by atoms with Gasteiger partial charge in [-0.2, -0.15) is 0 Å². The van der Waals surface area contributed by atoms with Gasteiger partial charge in [0.25, 0.3) is 0 Å². The largest absolute Gasteiger partial charge is 0.468 e. The number of para-hydroxylation sites is 1. The average Bonchev–Trinajstić information content (AvgIpc) is 2.97. The molecule has 2 N–H and O–H groups in total. The summed E-state index contributed by atoms with van der Waals surface area (Å²) in [5, 5.41) is 0. The van der Waals surface area contributed by atoms with Crippen molar-refractivity contribution in [3.05, 3.63) is 124 Å². The number of hydrogen-bond donors (Lipinski definition) is 1. The highest BCUT2D eigenvalue weighted by Gasteiger charge is 2.51. The molecule has 9 heteroatoms. The van der Waals surface area contributed by atoms with Gasteiger partial charge in [-0.3, -0.25) is 14.5 Å². The standard InChI is InChI=1S/C31H26F2N2O5/c1-39-30(37)25-19(17-10-4-3-5-11-17)16-23-26(28(25)36)24(18-12-6-7-13-20(18)32)27(31(38)40-2)29(34)35(23)22-15-9-8-14-21(22)33/h3-15,19,24-25H,16,34H2,1-2H3. The summed E-state index contributed by atoms with van der Waals surface area (Å²) >= 11 is 0. The highest BCUT2D eigenvalue weighted by atomic mass is 19.1. The molecule has 5 rings (SSSR count). The number of hydrogen-bond acceptors (Lipinski definition) is 7. The van der Waals surface area contributed by atoms with Gasteiger partial charge in [-0.1, -0.05) is 60.7 Å². The molecule has 2 aliphatic rings. The van der Waals surface area contributed by atoms with Crippen molar-refractivity contribution in [2.45, 2.75) is 18.3 Å². The molecule has 0 fully saturated rings. The first-order valence-corrected chi connectivity index (χ1v) is 12.6. The molecule has 0 radical (unpaired) electrons. The lowest BCUT2D eigenvalue weighted by atomic mass is 9.67. The molecule has 204 valence electrons. The number of ether oxygens (including phenoxy) is 2. The zero-order valence-corrected chi connectivity index (χ0v) is 21.8. The summed E-state index contributed by atoms with van der Waals surface area (Å²) in [6.45, 7) is 0. The monoisotopic (exact) mass is 544 g/mol. The summed E-state index contributed by atoms with van der Waals surface area (Å²) in [7, 11) is 2.31. The van der Waals surface area contributed by atoms with Crippen LogP contribution in [0.5, 0.6) is 0 Å².